The average Bonchev–Trinajstić information content (AvgIpc) is 2.70. The van der Waals surface area contributed by atoms with Crippen LogP contribution in [0.1, 0.15) is 80.1 Å². The second-order valence-corrected chi connectivity index (χ2v) is 7.57. The van der Waals surface area contributed by atoms with Crippen molar-refractivity contribution in [2.45, 2.75) is 64.2 Å². The molecule has 0 unspecified atom stereocenters. The Morgan fingerprint density at radius 3 is 2.46 bits per heavy atom. The van der Waals surface area contributed by atoms with Gasteiger partial charge in [0.25, 0.3) is 5.91 Å². The van der Waals surface area contributed by atoms with Gasteiger partial charge in [-0.2, -0.15) is 0 Å². The van der Waals surface area contributed by atoms with E-state index in [1.165, 1.54) is 56.9 Å². The minimum absolute atomic E-state index is 0.0707. The summed E-state index contributed by atoms with van der Waals surface area (Å²) in [6, 6.07) is 18.7. The van der Waals surface area contributed by atoms with Crippen LogP contribution in [0.15, 0.2) is 48.5 Å². The summed E-state index contributed by atoms with van der Waals surface area (Å²) in [5, 5.41) is 2.89. The third-order valence-electron chi connectivity index (χ3n) is 5.66. The van der Waals surface area contributed by atoms with Crippen molar-refractivity contribution in [3.8, 4) is 0 Å². The molecule has 1 radical (unpaired) electrons. The number of rotatable bonds is 7. The Morgan fingerprint density at radius 2 is 1.81 bits per heavy atom. The van der Waals surface area contributed by atoms with Crippen LogP contribution in [0.2, 0.25) is 0 Å². The second kappa shape index (κ2) is 9.56. The molecule has 26 heavy (non-hydrogen) atoms. The first-order chi connectivity index (χ1) is 12.8. The molecule has 2 nitrogen and oxygen atoms in total. The predicted octanol–water partition coefficient (Wildman–Crippen LogP) is 6.59. The highest BCUT2D eigenvalue weighted by molar-refractivity contribution is 6.04. The Morgan fingerprint density at radius 1 is 1.04 bits per heavy atom. The van der Waals surface area contributed by atoms with Crippen LogP contribution in [0.25, 0.3) is 0 Å². The number of amides is 1. The minimum atomic E-state index is -0.0707. The smallest absolute Gasteiger partial charge is 0.255 e. The fourth-order valence-electron chi connectivity index (χ4n) is 4.04. The standard InChI is InChI=1S/C24H30NO/c1-2-3-5-8-19-11-13-20(14-12-19)21-15-17-22(18-16-21)24(26)25-23-9-6-4-7-10-23/h4,6-7,9,15-20H,2-3,5,8,11-14H2,1H3,(H,25,26)/t19-,20-. The molecular formula is C24H30NO. The van der Waals surface area contributed by atoms with E-state index in [-0.39, 0.29) is 5.91 Å². The van der Waals surface area contributed by atoms with Crippen molar-refractivity contribution in [1.29, 1.82) is 0 Å². The lowest BCUT2D eigenvalue weighted by molar-refractivity contribution is 0.102. The van der Waals surface area contributed by atoms with Crippen molar-refractivity contribution >= 4 is 11.6 Å². The van der Waals surface area contributed by atoms with Crippen molar-refractivity contribution < 1.29 is 4.79 Å². The molecule has 1 amide bonds. The molecule has 0 atom stereocenters. The molecule has 3 rings (SSSR count). The van der Waals surface area contributed by atoms with Crippen molar-refractivity contribution in [1.82, 2.24) is 0 Å². The third-order valence-corrected chi connectivity index (χ3v) is 5.66. The number of anilines is 1. The summed E-state index contributed by atoms with van der Waals surface area (Å²) in [6.45, 7) is 2.28. The van der Waals surface area contributed by atoms with Crippen LogP contribution in [0.3, 0.4) is 0 Å². The lowest BCUT2D eigenvalue weighted by Crippen LogP contribution is -2.14. The van der Waals surface area contributed by atoms with E-state index in [4.69, 9.17) is 0 Å². The van der Waals surface area contributed by atoms with E-state index in [9.17, 15) is 4.79 Å². The Bertz CT molecular complexity index is 669. The fourth-order valence-corrected chi connectivity index (χ4v) is 4.04. The van der Waals surface area contributed by atoms with E-state index in [0.29, 0.717) is 17.2 Å². The summed E-state index contributed by atoms with van der Waals surface area (Å²) >= 11 is 0. The molecule has 0 aromatic heterocycles. The molecule has 1 saturated carbocycles. The molecule has 137 valence electrons. The van der Waals surface area contributed by atoms with Crippen LogP contribution in [0.4, 0.5) is 5.69 Å². The number of carbonyl (C=O) groups excluding carboxylic acids is 1. The molecule has 0 saturated heterocycles. The monoisotopic (exact) mass is 348 g/mol. The van der Waals surface area contributed by atoms with Crippen LogP contribution in [-0.2, 0) is 0 Å². The summed E-state index contributed by atoms with van der Waals surface area (Å²) < 4.78 is 0. The Kier molecular flexibility index (Phi) is 6.88. The quantitative estimate of drug-likeness (QED) is 0.562. The Hall–Kier alpha value is -2.09. The van der Waals surface area contributed by atoms with Crippen LogP contribution in [0, 0.1) is 12.0 Å². The number of para-hydroxylation sites is 1. The summed E-state index contributed by atoms with van der Waals surface area (Å²) in [6.07, 6.45) is 10.8. The van der Waals surface area contributed by atoms with Gasteiger partial charge < -0.3 is 5.32 Å². The summed E-state index contributed by atoms with van der Waals surface area (Å²) in [5.74, 6) is 1.53. The third kappa shape index (κ3) is 5.20. The summed E-state index contributed by atoms with van der Waals surface area (Å²) in [7, 11) is 0. The number of hydrogen-bond acceptors (Lipinski definition) is 1. The molecule has 1 aliphatic carbocycles. The van der Waals surface area contributed by atoms with Crippen LogP contribution in [0.5, 0.6) is 0 Å². The first kappa shape index (κ1) is 18.7. The van der Waals surface area contributed by atoms with E-state index in [2.05, 4.69) is 30.4 Å². The maximum atomic E-state index is 12.3. The van der Waals surface area contributed by atoms with Crippen LogP contribution < -0.4 is 5.32 Å². The highest BCUT2D eigenvalue weighted by Crippen LogP contribution is 2.37. The molecule has 0 aliphatic heterocycles. The molecule has 0 heterocycles. The van der Waals surface area contributed by atoms with Gasteiger partial charge in [-0.25, -0.2) is 0 Å². The SMILES string of the molecule is CCCCC[C@H]1CC[C@H](c2ccc(C(=O)Nc3[c]cccc3)cc2)CC1. The number of carbonyl (C=O) groups is 1. The van der Waals surface area contributed by atoms with Crippen LogP contribution in [-0.4, -0.2) is 5.91 Å². The number of hydrogen-bond donors (Lipinski definition) is 1. The van der Waals surface area contributed by atoms with Gasteiger partial charge in [-0.05, 0) is 61.3 Å². The molecule has 1 fully saturated rings. The fraction of sp³-hybridized carbons (Fsp3) is 0.458. The van der Waals surface area contributed by atoms with Crippen molar-refractivity contribution in [2.75, 3.05) is 5.32 Å². The number of nitrogens with one attached hydrogen (secondary N) is 1. The summed E-state index contributed by atoms with van der Waals surface area (Å²) in [4.78, 5) is 12.3. The molecule has 2 aromatic rings. The molecule has 2 aromatic carbocycles. The van der Waals surface area contributed by atoms with Gasteiger partial charge in [0.2, 0.25) is 0 Å². The zero-order valence-electron chi connectivity index (χ0n) is 15.8. The van der Waals surface area contributed by atoms with E-state index >= 15 is 0 Å². The maximum Gasteiger partial charge on any atom is 0.255 e. The van der Waals surface area contributed by atoms with Gasteiger partial charge in [-0.15, -0.1) is 0 Å². The van der Waals surface area contributed by atoms with Crippen LogP contribution >= 0.6 is 0 Å². The zero-order valence-corrected chi connectivity index (χ0v) is 15.8. The molecule has 0 spiro atoms. The van der Waals surface area contributed by atoms with E-state index in [1.54, 1.807) is 6.07 Å². The van der Waals surface area contributed by atoms with Gasteiger partial charge in [-0.3, -0.25) is 4.79 Å². The van der Waals surface area contributed by atoms with Crippen molar-refractivity contribution in [2.24, 2.45) is 5.92 Å². The van der Waals surface area contributed by atoms with Gasteiger partial charge in [0, 0.05) is 17.3 Å². The van der Waals surface area contributed by atoms with E-state index < -0.39 is 0 Å². The molecule has 2 heteroatoms. The maximum absolute atomic E-state index is 12.3. The van der Waals surface area contributed by atoms with Gasteiger partial charge in [0.1, 0.15) is 0 Å². The Labute approximate surface area is 158 Å². The predicted molar refractivity (Wildman–Crippen MR) is 109 cm³/mol. The molecule has 0 bridgehead atoms. The topological polar surface area (TPSA) is 29.1 Å². The van der Waals surface area contributed by atoms with Crippen molar-refractivity contribution in [3.05, 3.63) is 65.7 Å². The molecule has 1 N–H and O–H groups in total. The van der Waals surface area contributed by atoms with Gasteiger partial charge >= 0.3 is 0 Å². The highest BCUT2D eigenvalue weighted by Gasteiger charge is 2.22. The minimum Gasteiger partial charge on any atom is -0.321 e. The first-order valence-electron chi connectivity index (χ1n) is 10.1. The van der Waals surface area contributed by atoms with Gasteiger partial charge in [-0.1, -0.05) is 62.9 Å². The summed E-state index contributed by atoms with van der Waals surface area (Å²) in [5.41, 5.74) is 2.81. The lowest BCUT2D eigenvalue weighted by atomic mass is 9.77. The van der Waals surface area contributed by atoms with Crippen molar-refractivity contribution in [3.63, 3.8) is 0 Å². The zero-order chi connectivity index (χ0) is 18.2. The van der Waals surface area contributed by atoms with E-state index in [1.807, 2.05) is 30.3 Å². The second-order valence-electron chi connectivity index (χ2n) is 7.57. The van der Waals surface area contributed by atoms with E-state index in [0.717, 1.165) is 5.92 Å². The first-order valence-corrected chi connectivity index (χ1v) is 10.1. The normalized spacial score (nSPS) is 19.9. The number of benzene rings is 2. The number of unbranched alkanes of at least 4 members (excludes halogenated alkanes) is 2. The lowest BCUT2D eigenvalue weighted by Gasteiger charge is -2.29. The average molecular weight is 349 g/mol. The van der Waals surface area contributed by atoms with Gasteiger partial charge in [0.15, 0.2) is 0 Å². The Balaban J connectivity index is 1.51. The molecular weight excluding hydrogens is 318 g/mol. The highest BCUT2D eigenvalue weighted by atomic mass is 16.1. The largest absolute Gasteiger partial charge is 0.321 e. The van der Waals surface area contributed by atoms with Gasteiger partial charge in [0.05, 0.1) is 0 Å². The molecule has 1 aliphatic rings.